The molecule has 0 radical (unpaired) electrons. The lowest BCUT2D eigenvalue weighted by atomic mass is 10.2. The Kier molecular flexibility index (Phi) is 4.54. The molecule has 0 fully saturated rings. The number of carbonyl (C=O) groups excluding carboxylic acids is 1. The number of esters is 1. The van der Waals surface area contributed by atoms with Crippen LogP contribution in [0.4, 0.5) is 0 Å². The van der Waals surface area contributed by atoms with Crippen molar-refractivity contribution in [2.45, 2.75) is 13.3 Å². The van der Waals surface area contributed by atoms with E-state index in [1.807, 2.05) is 6.92 Å². The van der Waals surface area contributed by atoms with E-state index in [9.17, 15) is 13.2 Å². The molecular weight excluding hydrogens is 380 g/mol. The van der Waals surface area contributed by atoms with E-state index in [0.29, 0.717) is 4.88 Å². The van der Waals surface area contributed by atoms with Gasteiger partial charge in [-0.05, 0) is 34.5 Å². The molecule has 9 heteroatoms. The van der Waals surface area contributed by atoms with Crippen LogP contribution in [-0.4, -0.2) is 38.6 Å². The van der Waals surface area contributed by atoms with Gasteiger partial charge in [0.25, 0.3) is 0 Å². The van der Waals surface area contributed by atoms with E-state index in [1.54, 1.807) is 6.07 Å². The van der Waals surface area contributed by atoms with Crippen molar-refractivity contribution in [3.63, 3.8) is 0 Å². The lowest BCUT2D eigenvalue weighted by Crippen LogP contribution is -2.33. The van der Waals surface area contributed by atoms with Crippen molar-refractivity contribution in [2.75, 3.05) is 14.2 Å². The molecule has 1 aliphatic rings. The molecule has 2 rings (SSSR count). The number of likely N-dealkylation sites (N-methyl/N-ethyl adjacent to an activating group) is 1. The molecule has 0 bridgehead atoms. The number of nitrogens with zero attached hydrogens (tertiary/aromatic N) is 2. The molecule has 2 heterocycles. The molecule has 6 nitrogen and oxygen atoms in total. The van der Waals surface area contributed by atoms with E-state index in [0.717, 1.165) is 20.1 Å². The summed E-state index contributed by atoms with van der Waals surface area (Å²) in [4.78, 5) is 13.5. The maximum atomic E-state index is 12.0. The largest absolute Gasteiger partial charge is 0.464 e. The fourth-order valence-corrected chi connectivity index (χ4v) is 4.55. The summed E-state index contributed by atoms with van der Waals surface area (Å²) in [6, 6.07) is 1.80. The second kappa shape index (κ2) is 5.90. The SMILES string of the molecule is CCc1sc(C2=NS(=O)(=O)N(C)C(C(=O)OC)=C2)cc1Br. The predicted octanol–water partition coefficient (Wildman–Crippen LogP) is 2.11. The molecular formula is C12H13BrN2O4S2. The van der Waals surface area contributed by atoms with Gasteiger partial charge < -0.3 is 4.74 Å². The average molecular weight is 393 g/mol. The van der Waals surface area contributed by atoms with Crippen LogP contribution in [0.25, 0.3) is 0 Å². The summed E-state index contributed by atoms with van der Waals surface area (Å²) in [6.07, 6.45) is 2.24. The van der Waals surface area contributed by atoms with E-state index in [4.69, 9.17) is 0 Å². The number of carbonyl (C=O) groups is 1. The molecule has 0 amide bonds. The van der Waals surface area contributed by atoms with Crippen LogP contribution >= 0.6 is 27.3 Å². The Hall–Kier alpha value is -1.19. The van der Waals surface area contributed by atoms with E-state index in [2.05, 4.69) is 25.1 Å². The third-order valence-corrected chi connectivity index (χ3v) is 6.49. The number of rotatable bonds is 3. The monoisotopic (exact) mass is 392 g/mol. The van der Waals surface area contributed by atoms with Gasteiger partial charge in [-0.3, -0.25) is 0 Å². The first kappa shape index (κ1) is 16.2. The Morgan fingerprint density at radius 2 is 2.19 bits per heavy atom. The van der Waals surface area contributed by atoms with Crippen LogP contribution in [0.3, 0.4) is 0 Å². The van der Waals surface area contributed by atoms with Gasteiger partial charge in [-0.2, -0.15) is 8.42 Å². The van der Waals surface area contributed by atoms with Gasteiger partial charge in [0.05, 0.1) is 17.7 Å². The van der Waals surface area contributed by atoms with Crippen LogP contribution in [0.5, 0.6) is 0 Å². The number of methoxy groups -OCH3 is 1. The Bertz CT molecular complexity index is 749. The number of hydrogen-bond donors (Lipinski definition) is 0. The van der Waals surface area contributed by atoms with Crippen molar-refractivity contribution >= 4 is 49.2 Å². The van der Waals surface area contributed by atoms with Gasteiger partial charge >= 0.3 is 16.2 Å². The number of ether oxygens (including phenoxy) is 1. The zero-order chi connectivity index (χ0) is 15.8. The fraction of sp³-hybridized carbons (Fsp3) is 0.333. The minimum Gasteiger partial charge on any atom is -0.464 e. The Morgan fingerprint density at radius 3 is 2.71 bits per heavy atom. The summed E-state index contributed by atoms with van der Waals surface area (Å²) in [5.41, 5.74) is 0.170. The van der Waals surface area contributed by atoms with Gasteiger partial charge in [0.2, 0.25) is 0 Å². The minimum atomic E-state index is -3.93. The van der Waals surface area contributed by atoms with Crippen LogP contribution in [0, 0.1) is 0 Å². The smallest absolute Gasteiger partial charge is 0.355 e. The highest BCUT2D eigenvalue weighted by Gasteiger charge is 2.31. The van der Waals surface area contributed by atoms with Crippen molar-refractivity contribution in [3.05, 3.63) is 32.1 Å². The number of aryl methyl sites for hydroxylation is 1. The first-order chi connectivity index (χ1) is 9.80. The van der Waals surface area contributed by atoms with E-state index >= 15 is 0 Å². The van der Waals surface area contributed by atoms with Gasteiger partial charge in [-0.25, -0.2) is 9.10 Å². The van der Waals surface area contributed by atoms with Crippen LogP contribution in [0.15, 0.2) is 26.7 Å². The second-order valence-corrected chi connectivity index (χ2v) is 7.80. The highest BCUT2D eigenvalue weighted by molar-refractivity contribution is 9.10. The summed E-state index contributed by atoms with van der Waals surface area (Å²) in [7, 11) is -1.47. The standard InChI is InChI=1S/C12H13BrN2O4S2/c1-4-10-7(13)5-11(20-10)8-6-9(12(16)19-3)15(2)21(17,18)14-8/h5-6H,4H2,1-3H3. The Balaban J connectivity index is 2.56. The van der Waals surface area contributed by atoms with E-state index in [1.165, 1.54) is 31.6 Å². The molecule has 0 N–H and O–H groups in total. The fourth-order valence-electron chi connectivity index (χ4n) is 1.74. The first-order valence-corrected chi connectivity index (χ1v) is 8.98. The lowest BCUT2D eigenvalue weighted by Gasteiger charge is -2.21. The zero-order valence-electron chi connectivity index (χ0n) is 11.6. The molecule has 0 saturated carbocycles. The van der Waals surface area contributed by atoms with E-state index in [-0.39, 0.29) is 11.4 Å². The van der Waals surface area contributed by atoms with Gasteiger partial charge in [0.15, 0.2) is 0 Å². The molecule has 0 atom stereocenters. The molecule has 1 aromatic heterocycles. The van der Waals surface area contributed by atoms with Crippen LogP contribution in [0.2, 0.25) is 0 Å². The average Bonchev–Trinajstić information content (AvgIpc) is 2.82. The lowest BCUT2D eigenvalue weighted by molar-refractivity contribution is -0.137. The summed E-state index contributed by atoms with van der Waals surface area (Å²) >= 11 is 4.86. The molecule has 0 unspecified atom stereocenters. The van der Waals surface area contributed by atoms with Crippen molar-refractivity contribution < 1.29 is 17.9 Å². The Morgan fingerprint density at radius 1 is 1.52 bits per heavy atom. The van der Waals surface area contributed by atoms with Gasteiger partial charge in [0.1, 0.15) is 5.70 Å². The molecule has 0 aliphatic carbocycles. The summed E-state index contributed by atoms with van der Waals surface area (Å²) < 4.78 is 34.1. The molecule has 0 saturated heterocycles. The molecule has 1 aliphatic heterocycles. The minimum absolute atomic E-state index is 0.0647. The predicted molar refractivity (Wildman–Crippen MR) is 84.7 cm³/mol. The second-order valence-electron chi connectivity index (χ2n) is 4.18. The van der Waals surface area contributed by atoms with Crippen LogP contribution in [0.1, 0.15) is 16.7 Å². The van der Waals surface area contributed by atoms with Gasteiger partial charge in [0, 0.05) is 16.4 Å². The van der Waals surface area contributed by atoms with Crippen LogP contribution < -0.4 is 0 Å². The number of thiophene rings is 1. The summed E-state index contributed by atoms with van der Waals surface area (Å²) in [6.45, 7) is 2.00. The highest BCUT2D eigenvalue weighted by atomic mass is 79.9. The molecule has 0 spiro atoms. The molecule has 114 valence electrons. The maximum Gasteiger partial charge on any atom is 0.355 e. The topological polar surface area (TPSA) is 76.0 Å². The Labute approximate surface area is 135 Å². The molecule has 0 aromatic carbocycles. The molecule has 1 aromatic rings. The zero-order valence-corrected chi connectivity index (χ0v) is 14.8. The quantitative estimate of drug-likeness (QED) is 0.738. The normalized spacial score (nSPS) is 17.2. The third-order valence-electron chi connectivity index (χ3n) is 2.90. The molecule has 21 heavy (non-hydrogen) atoms. The van der Waals surface area contributed by atoms with Crippen LogP contribution in [-0.2, 0) is 26.2 Å². The van der Waals surface area contributed by atoms with Gasteiger partial charge in [-0.1, -0.05) is 6.92 Å². The third kappa shape index (κ3) is 3.04. The van der Waals surface area contributed by atoms with E-state index < -0.39 is 16.2 Å². The summed E-state index contributed by atoms with van der Waals surface area (Å²) in [5, 5.41) is 0. The van der Waals surface area contributed by atoms with Gasteiger partial charge in [-0.15, -0.1) is 15.7 Å². The summed E-state index contributed by atoms with van der Waals surface area (Å²) in [5.74, 6) is -0.722. The number of hydrogen-bond acceptors (Lipinski definition) is 5. The number of allylic oxidation sites excluding steroid dienone is 1. The highest BCUT2D eigenvalue weighted by Crippen LogP contribution is 2.30. The number of halogens is 1. The maximum absolute atomic E-state index is 12.0. The van der Waals surface area contributed by atoms with Crippen molar-refractivity contribution in [2.24, 2.45) is 4.40 Å². The van der Waals surface area contributed by atoms with Crippen molar-refractivity contribution in [1.29, 1.82) is 0 Å². The first-order valence-electron chi connectivity index (χ1n) is 5.97. The van der Waals surface area contributed by atoms with Crippen molar-refractivity contribution in [1.82, 2.24) is 4.31 Å². The van der Waals surface area contributed by atoms with Crippen molar-refractivity contribution in [3.8, 4) is 0 Å².